The zero-order chi connectivity index (χ0) is 46.8. The molecule has 0 N–H and O–H groups in total. The van der Waals surface area contributed by atoms with E-state index in [-0.39, 0.29) is 105 Å². The van der Waals surface area contributed by atoms with E-state index in [0.29, 0.717) is 11.5 Å². The molecule has 0 bridgehead atoms. The second kappa shape index (κ2) is 24.4. The smallest absolute Gasteiger partial charge is 1.00 e. The topological polar surface area (TPSA) is 80.3 Å². The molecule has 64 heavy (non-hydrogen) atoms. The fourth-order valence-electron chi connectivity index (χ4n) is 7.49. The van der Waals surface area contributed by atoms with Gasteiger partial charge in [-0.2, -0.15) is 21.6 Å². The number of alkyl halides is 3. The average molecular weight is 1140 g/mol. The van der Waals surface area contributed by atoms with E-state index in [1.807, 2.05) is 53.1 Å². The van der Waals surface area contributed by atoms with Gasteiger partial charge in [0.1, 0.15) is 28.7 Å². The monoisotopic (exact) mass is 1140 g/mol. The molecular formula is C46H74Br2F3KO7SSi4. The maximum atomic E-state index is 13.0. The van der Waals surface area contributed by atoms with Crippen molar-refractivity contribution in [2.24, 2.45) is 11.8 Å². The van der Waals surface area contributed by atoms with Crippen molar-refractivity contribution in [3.05, 3.63) is 87.5 Å². The summed E-state index contributed by atoms with van der Waals surface area (Å²) in [7, 11) is -13.9. The Hall–Kier alpha value is -0.396. The summed E-state index contributed by atoms with van der Waals surface area (Å²) in [4.78, 5) is 0. The fraction of sp³-hybridized carbons (Fsp3) is 0.565. The quantitative estimate of drug-likeness (QED) is 0.0807. The van der Waals surface area contributed by atoms with E-state index in [4.69, 9.17) is 17.7 Å². The minimum atomic E-state index is -5.86. The number of halogens is 5. The van der Waals surface area contributed by atoms with E-state index in [2.05, 4.69) is 111 Å². The van der Waals surface area contributed by atoms with Gasteiger partial charge in [0.2, 0.25) is 33.3 Å². The Bertz CT molecular complexity index is 2050. The van der Waals surface area contributed by atoms with E-state index in [1.54, 1.807) is 0 Å². The van der Waals surface area contributed by atoms with Crippen molar-refractivity contribution in [3.63, 3.8) is 0 Å². The largest absolute Gasteiger partial charge is 1.00 e. The SMILES string of the molecule is C.C=C(C)[C@@H]1CCC(C)=C[C@H]1c1c(O[Si](C)(C)C)cc(Br)cc1O[Si](C)(C)C.C=C(C)[C@@H]1CCC(C)=C[C@H]1c1c(O[Si](C)(C)C)cc(OS(=O)(=O)C(F)(F)F)cc1O[Si](C)(C)C.[Br-].[K+]. The van der Waals surface area contributed by atoms with Crippen LogP contribution in [0.25, 0.3) is 0 Å². The summed E-state index contributed by atoms with van der Waals surface area (Å²) < 4.78 is 93.9. The normalized spacial score (nSPS) is 19.4. The Morgan fingerprint density at radius 3 is 1.17 bits per heavy atom. The summed E-state index contributed by atoms with van der Waals surface area (Å²) in [5.41, 5.74) is 1.18. The van der Waals surface area contributed by atoms with Gasteiger partial charge < -0.3 is 38.9 Å². The molecule has 4 atom stereocenters. The van der Waals surface area contributed by atoms with Gasteiger partial charge in [-0.05, 0) is 156 Å². The summed E-state index contributed by atoms with van der Waals surface area (Å²) in [5, 5.41) is 0. The fourth-order valence-corrected chi connectivity index (χ4v) is 11.7. The van der Waals surface area contributed by atoms with Gasteiger partial charge in [0.25, 0.3) is 0 Å². The van der Waals surface area contributed by atoms with E-state index < -0.39 is 54.6 Å². The molecule has 18 heteroatoms. The van der Waals surface area contributed by atoms with Crippen LogP contribution < -0.4 is 90.3 Å². The van der Waals surface area contributed by atoms with Gasteiger partial charge >= 0.3 is 67.0 Å². The minimum absolute atomic E-state index is 0. The van der Waals surface area contributed by atoms with Crippen LogP contribution in [0.1, 0.15) is 83.8 Å². The predicted octanol–water partition coefficient (Wildman–Crippen LogP) is 9.90. The van der Waals surface area contributed by atoms with Gasteiger partial charge in [0.05, 0.1) is 0 Å². The Morgan fingerprint density at radius 1 is 0.641 bits per heavy atom. The third-order valence-corrected chi connectivity index (χ3v) is 14.5. The van der Waals surface area contributed by atoms with Crippen LogP contribution in [-0.2, 0) is 10.1 Å². The summed E-state index contributed by atoms with van der Waals surface area (Å²) in [6.07, 6.45) is 8.59. The summed E-state index contributed by atoms with van der Waals surface area (Å²) >= 11 is 3.68. The number of rotatable bonds is 14. The van der Waals surface area contributed by atoms with Crippen molar-refractivity contribution < 1.29 is 112 Å². The van der Waals surface area contributed by atoms with Gasteiger partial charge in [0.15, 0.2) is 0 Å². The Kier molecular flexibility index (Phi) is 24.3. The number of hydrogen-bond donors (Lipinski definition) is 0. The van der Waals surface area contributed by atoms with Crippen LogP contribution in [0.4, 0.5) is 13.2 Å². The van der Waals surface area contributed by atoms with Crippen LogP contribution in [0.5, 0.6) is 28.7 Å². The minimum Gasteiger partial charge on any atom is -1.00 e. The molecule has 2 aliphatic carbocycles. The molecular weight excluding hydrogens is 1060 g/mol. The third kappa shape index (κ3) is 19.5. The summed E-state index contributed by atoms with van der Waals surface area (Å²) in [5.74, 6) is 2.57. The van der Waals surface area contributed by atoms with Crippen LogP contribution in [0.3, 0.4) is 0 Å². The van der Waals surface area contributed by atoms with Crippen LogP contribution >= 0.6 is 15.9 Å². The number of benzene rings is 2. The predicted molar refractivity (Wildman–Crippen MR) is 267 cm³/mol. The van der Waals surface area contributed by atoms with Crippen molar-refractivity contribution in [2.45, 2.75) is 157 Å². The van der Waals surface area contributed by atoms with Crippen LogP contribution in [0.15, 0.2) is 76.3 Å². The third-order valence-electron chi connectivity index (χ3n) is 9.73. The van der Waals surface area contributed by atoms with E-state index in [1.165, 1.54) is 34.4 Å². The molecule has 2 aromatic carbocycles. The first-order valence-corrected chi connectivity index (χ1v) is 36.7. The van der Waals surface area contributed by atoms with Gasteiger partial charge in [-0.1, -0.05) is 71.0 Å². The second-order valence-corrected chi connectivity index (χ2v) is 40.7. The standard InChI is InChI=1S/C23H35F3O5SSi2.C22H35BrO2Si2.CH4.BrH.K/c1-15(2)18-11-10-16(3)12-19(18)22-20(30-33(4,5)6)13-17(14-21(22)31-34(7,8)9)29-32(27,28)23(24,25)26;1-15(2)18-11-10-16(3)12-19(18)22-20(24-26(4,5)6)13-17(23)14-21(22)25-27(7,8)9;;;/h12-14,18-19H,1,10-11H2,2-9H3;12-14,18-19H,1,10-11H2,2-9H3;1H4;1H;/q;;;;+1/p-1/t2*18-,19+;;;/m00.../s1. The Morgan fingerprint density at radius 2 is 0.922 bits per heavy atom. The Balaban J connectivity index is 0.00000121. The summed E-state index contributed by atoms with van der Waals surface area (Å²) in [6.45, 7) is 41.9. The zero-order valence-electron chi connectivity index (χ0n) is 40.7. The van der Waals surface area contributed by atoms with Crippen molar-refractivity contribution in [1.82, 2.24) is 0 Å². The zero-order valence-corrected chi connectivity index (χ0v) is 51.8. The Labute approximate surface area is 450 Å². The van der Waals surface area contributed by atoms with Crippen molar-refractivity contribution >= 4 is 59.3 Å². The van der Waals surface area contributed by atoms with Gasteiger partial charge in [-0.3, -0.25) is 0 Å². The molecule has 0 aromatic heterocycles. The second-order valence-electron chi connectivity index (χ2n) is 20.6. The van der Waals surface area contributed by atoms with Gasteiger partial charge in [-0.15, -0.1) is 0 Å². The molecule has 2 aromatic rings. The van der Waals surface area contributed by atoms with E-state index >= 15 is 0 Å². The van der Waals surface area contributed by atoms with Gasteiger partial charge in [0, 0.05) is 39.6 Å². The molecule has 7 nitrogen and oxygen atoms in total. The molecule has 0 saturated carbocycles. The summed E-state index contributed by atoms with van der Waals surface area (Å²) in [6, 6.07) is 6.72. The molecule has 0 spiro atoms. The maximum Gasteiger partial charge on any atom is 1.00 e. The van der Waals surface area contributed by atoms with Crippen molar-refractivity contribution in [1.29, 1.82) is 0 Å². The van der Waals surface area contributed by atoms with Crippen molar-refractivity contribution in [3.8, 4) is 28.7 Å². The molecule has 4 rings (SSSR count). The molecule has 0 unspecified atom stereocenters. The van der Waals surface area contributed by atoms with Gasteiger partial charge in [-0.25, -0.2) is 0 Å². The van der Waals surface area contributed by atoms with E-state index in [0.717, 1.165) is 47.2 Å². The first-order valence-electron chi connectivity index (χ1n) is 20.9. The average Bonchev–Trinajstić information content (AvgIpc) is 3.00. The first-order chi connectivity index (χ1) is 27.5. The molecule has 0 saturated heterocycles. The molecule has 0 fully saturated rings. The van der Waals surface area contributed by atoms with Crippen molar-refractivity contribution in [2.75, 3.05) is 0 Å². The van der Waals surface area contributed by atoms with E-state index in [9.17, 15) is 21.6 Å². The maximum absolute atomic E-state index is 13.0. The molecule has 358 valence electrons. The van der Waals surface area contributed by atoms with Crippen LogP contribution in [-0.4, -0.2) is 47.2 Å². The molecule has 2 aliphatic rings. The first kappa shape index (κ1) is 63.6. The molecule has 0 aliphatic heterocycles. The molecule has 0 amide bonds. The number of allylic oxidation sites excluding steroid dienone is 6. The molecule has 0 radical (unpaired) electrons. The van der Waals surface area contributed by atoms with Crippen LogP contribution in [0.2, 0.25) is 78.6 Å². The van der Waals surface area contributed by atoms with Crippen LogP contribution in [0, 0.1) is 11.8 Å². The molecule has 0 heterocycles. The number of hydrogen-bond acceptors (Lipinski definition) is 7.